The summed E-state index contributed by atoms with van der Waals surface area (Å²) >= 11 is 0. The largest absolute Gasteiger partial charge is 0.325 e. The van der Waals surface area contributed by atoms with Crippen molar-refractivity contribution in [1.82, 2.24) is 0 Å². The molecule has 0 heterocycles. The molecule has 0 aromatic heterocycles. The van der Waals surface area contributed by atoms with Crippen molar-refractivity contribution in [1.29, 1.82) is 0 Å². The molecule has 1 nitrogen and oxygen atoms in total. The van der Waals surface area contributed by atoms with Crippen molar-refractivity contribution < 1.29 is 0 Å². The fourth-order valence-corrected chi connectivity index (χ4v) is 2.20. The second-order valence-corrected chi connectivity index (χ2v) is 4.15. The summed E-state index contributed by atoms with van der Waals surface area (Å²) in [5.74, 6) is 0.619. The molecular formula is C12H17N. The van der Waals surface area contributed by atoms with E-state index in [4.69, 9.17) is 5.73 Å². The first-order valence-corrected chi connectivity index (χ1v) is 5.10. The summed E-state index contributed by atoms with van der Waals surface area (Å²) in [6.07, 6.45) is 3.53. The fourth-order valence-electron chi connectivity index (χ4n) is 2.20. The number of hydrogen-bond donors (Lipinski definition) is 1. The third kappa shape index (κ3) is 1.61. The maximum atomic E-state index is 6.23. The Hall–Kier alpha value is -0.820. The van der Waals surface area contributed by atoms with Gasteiger partial charge < -0.3 is 5.73 Å². The second-order valence-electron chi connectivity index (χ2n) is 4.15. The van der Waals surface area contributed by atoms with Gasteiger partial charge in [-0.3, -0.25) is 0 Å². The van der Waals surface area contributed by atoms with Gasteiger partial charge in [0.1, 0.15) is 0 Å². The zero-order valence-electron chi connectivity index (χ0n) is 8.16. The van der Waals surface area contributed by atoms with Crippen LogP contribution >= 0.6 is 0 Å². The molecule has 2 N–H and O–H groups in total. The van der Waals surface area contributed by atoms with E-state index in [-0.39, 0.29) is 5.54 Å². The second kappa shape index (κ2) is 3.15. The molecule has 0 spiro atoms. The van der Waals surface area contributed by atoms with Gasteiger partial charge in [-0.1, -0.05) is 43.7 Å². The van der Waals surface area contributed by atoms with Crippen LogP contribution in [0.3, 0.4) is 0 Å². The number of benzene rings is 1. The van der Waals surface area contributed by atoms with Crippen LogP contribution < -0.4 is 5.73 Å². The van der Waals surface area contributed by atoms with Crippen LogP contribution in [0.15, 0.2) is 30.3 Å². The third-order valence-corrected chi connectivity index (χ3v) is 3.04. The lowest BCUT2D eigenvalue weighted by Crippen LogP contribution is -2.23. The standard InChI is InChI=1S/C12H17N/c1-2-8-12(13)9-11(12)10-6-4-3-5-7-10/h3-7,11H,2,8-9,13H2,1H3/t11-,12-/m1/s1. The van der Waals surface area contributed by atoms with Gasteiger partial charge in [-0.25, -0.2) is 0 Å². The van der Waals surface area contributed by atoms with E-state index in [2.05, 4.69) is 37.3 Å². The van der Waals surface area contributed by atoms with Crippen molar-refractivity contribution in [2.24, 2.45) is 5.73 Å². The molecule has 1 aromatic carbocycles. The average Bonchev–Trinajstić information content (AvgIpc) is 2.80. The lowest BCUT2D eigenvalue weighted by Gasteiger charge is -2.09. The predicted octanol–water partition coefficient (Wildman–Crippen LogP) is 2.67. The van der Waals surface area contributed by atoms with Crippen molar-refractivity contribution in [3.63, 3.8) is 0 Å². The Morgan fingerprint density at radius 1 is 1.38 bits per heavy atom. The van der Waals surface area contributed by atoms with E-state index in [0.717, 1.165) is 6.42 Å². The summed E-state index contributed by atoms with van der Waals surface area (Å²) in [5.41, 5.74) is 7.77. The van der Waals surface area contributed by atoms with Crippen LogP contribution in [-0.4, -0.2) is 5.54 Å². The topological polar surface area (TPSA) is 26.0 Å². The monoisotopic (exact) mass is 175 g/mol. The number of rotatable bonds is 3. The summed E-state index contributed by atoms with van der Waals surface area (Å²) < 4.78 is 0. The first-order valence-electron chi connectivity index (χ1n) is 5.10. The molecule has 13 heavy (non-hydrogen) atoms. The van der Waals surface area contributed by atoms with Gasteiger partial charge in [0, 0.05) is 11.5 Å². The SMILES string of the molecule is CCC[C@@]1(N)C[C@@H]1c1ccccc1. The van der Waals surface area contributed by atoms with Gasteiger partial charge in [0.2, 0.25) is 0 Å². The fraction of sp³-hybridized carbons (Fsp3) is 0.500. The first kappa shape index (κ1) is 8.76. The van der Waals surface area contributed by atoms with E-state index in [1.807, 2.05) is 0 Å². The van der Waals surface area contributed by atoms with E-state index in [1.54, 1.807) is 0 Å². The lowest BCUT2D eigenvalue weighted by atomic mass is 10.0. The Morgan fingerprint density at radius 3 is 2.69 bits per heavy atom. The molecule has 1 aliphatic rings. The van der Waals surface area contributed by atoms with E-state index in [9.17, 15) is 0 Å². The van der Waals surface area contributed by atoms with Crippen LogP contribution in [0.4, 0.5) is 0 Å². The molecule has 1 heteroatoms. The van der Waals surface area contributed by atoms with Gasteiger partial charge >= 0.3 is 0 Å². The van der Waals surface area contributed by atoms with E-state index in [1.165, 1.54) is 18.4 Å². The quantitative estimate of drug-likeness (QED) is 0.751. The van der Waals surface area contributed by atoms with Crippen LogP contribution in [0.25, 0.3) is 0 Å². The first-order chi connectivity index (χ1) is 6.26. The zero-order chi connectivity index (χ0) is 9.31. The van der Waals surface area contributed by atoms with Crippen molar-refractivity contribution >= 4 is 0 Å². The molecule has 0 amide bonds. The Balaban J connectivity index is 2.07. The van der Waals surface area contributed by atoms with Crippen LogP contribution in [0, 0.1) is 0 Å². The molecule has 2 rings (SSSR count). The summed E-state index contributed by atoms with van der Waals surface area (Å²) in [4.78, 5) is 0. The maximum absolute atomic E-state index is 6.23. The molecule has 1 saturated carbocycles. The Labute approximate surface area is 80.0 Å². The minimum Gasteiger partial charge on any atom is -0.325 e. The van der Waals surface area contributed by atoms with E-state index < -0.39 is 0 Å². The highest BCUT2D eigenvalue weighted by Gasteiger charge is 2.50. The van der Waals surface area contributed by atoms with E-state index >= 15 is 0 Å². The maximum Gasteiger partial charge on any atom is 0.0230 e. The molecule has 1 aliphatic carbocycles. The van der Waals surface area contributed by atoms with Gasteiger partial charge in [0.05, 0.1) is 0 Å². The molecule has 0 saturated heterocycles. The Bertz CT molecular complexity index is 280. The minimum atomic E-state index is 0.121. The highest BCUT2D eigenvalue weighted by atomic mass is 14.9. The molecule has 2 atom stereocenters. The molecule has 1 fully saturated rings. The molecule has 0 aliphatic heterocycles. The van der Waals surface area contributed by atoms with Crippen molar-refractivity contribution in [2.75, 3.05) is 0 Å². The molecule has 0 bridgehead atoms. The number of hydrogen-bond acceptors (Lipinski definition) is 1. The molecule has 0 radical (unpaired) electrons. The third-order valence-electron chi connectivity index (χ3n) is 3.04. The van der Waals surface area contributed by atoms with Crippen molar-refractivity contribution in [3.8, 4) is 0 Å². The van der Waals surface area contributed by atoms with Gasteiger partial charge in [-0.05, 0) is 18.4 Å². The van der Waals surface area contributed by atoms with Gasteiger partial charge in [0.25, 0.3) is 0 Å². The molecule has 70 valence electrons. The smallest absolute Gasteiger partial charge is 0.0230 e. The van der Waals surface area contributed by atoms with Gasteiger partial charge in [0.15, 0.2) is 0 Å². The average molecular weight is 175 g/mol. The predicted molar refractivity (Wildman–Crippen MR) is 55.6 cm³/mol. The minimum absolute atomic E-state index is 0.121. The molecule has 0 unspecified atom stereocenters. The highest BCUT2D eigenvalue weighted by molar-refractivity contribution is 5.32. The van der Waals surface area contributed by atoms with Gasteiger partial charge in [-0.15, -0.1) is 0 Å². The lowest BCUT2D eigenvalue weighted by molar-refractivity contribution is 0.579. The summed E-state index contributed by atoms with van der Waals surface area (Å²) in [7, 11) is 0. The molecule has 1 aromatic rings. The Kier molecular flexibility index (Phi) is 2.12. The normalized spacial score (nSPS) is 31.7. The summed E-state index contributed by atoms with van der Waals surface area (Å²) in [6.45, 7) is 2.20. The van der Waals surface area contributed by atoms with Crippen LogP contribution in [0.1, 0.15) is 37.7 Å². The number of nitrogens with two attached hydrogens (primary N) is 1. The van der Waals surface area contributed by atoms with Crippen molar-refractivity contribution in [3.05, 3.63) is 35.9 Å². The zero-order valence-corrected chi connectivity index (χ0v) is 8.16. The van der Waals surface area contributed by atoms with E-state index in [0.29, 0.717) is 5.92 Å². The van der Waals surface area contributed by atoms with Crippen LogP contribution in [-0.2, 0) is 0 Å². The highest BCUT2D eigenvalue weighted by Crippen LogP contribution is 2.51. The summed E-state index contributed by atoms with van der Waals surface area (Å²) in [6, 6.07) is 10.6. The summed E-state index contributed by atoms with van der Waals surface area (Å²) in [5, 5.41) is 0. The van der Waals surface area contributed by atoms with Crippen LogP contribution in [0.5, 0.6) is 0 Å². The van der Waals surface area contributed by atoms with Crippen LogP contribution in [0.2, 0.25) is 0 Å². The Morgan fingerprint density at radius 2 is 2.08 bits per heavy atom. The van der Waals surface area contributed by atoms with Gasteiger partial charge in [-0.2, -0.15) is 0 Å². The molecular weight excluding hydrogens is 158 g/mol. The van der Waals surface area contributed by atoms with Crippen molar-refractivity contribution in [2.45, 2.75) is 37.6 Å².